The maximum Gasteiger partial charge on any atom is 0.173 e. The zero-order valence-electron chi connectivity index (χ0n) is 18.4. The van der Waals surface area contributed by atoms with Gasteiger partial charge in [0.15, 0.2) is 5.16 Å². The van der Waals surface area contributed by atoms with Gasteiger partial charge in [-0.05, 0) is 55.0 Å². The van der Waals surface area contributed by atoms with E-state index in [0.717, 1.165) is 44.8 Å². The van der Waals surface area contributed by atoms with E-state index < -0.39 is 0 Å². The maximum atomic E-state index is 6.15. The Kier molecular flexibility index (Phi) is 6.07. The van der Waals surface area contributed by atoms with E-state index in [1.54, 1.807) is 11.8 Å². The van der Waals surface area contributed by atoms with Gasteiger partial charge in [0.05, 0.1) is 35.2 Å². The van der Waals surface area contributed by atoms with Gasteiger partial charge in [0.1, 0.15) is 11.6 Å². The summed E-state index contributed by atoms with van der Waals surface area (Å²) < 4.78 is 2.17. The number of aromatic amines is 1. The van der Waals surface area contributed by atoms with Crippen LogP contribution in [0.4, 0.5) is 5.82 Å². The highest BCUT2D eigenvalue weighted by Gasteiger charge is 2.16. The second-order valence-electron chi connectivity index (χ2n) is 7.88. The number of thioether (sulfide) groups is 1. The van der Waals surface area contributed by atoms with Crippen molar-refractivity contribution in [2.75, 3.05) is 11.9 Å². The molecule has 3 heterocycles. The minimum atomic E-state index is 0.664. The second-order valence-corrected chi connectivity index (χ2v) is 9.26. The summed E-state index contributed by atoms with van der Waals surface area (Å²) in [5, 5.41) is 1.61. The molecule has 8 heteroatoms. The van der Waals surface area contributed by atoms with E-state index in [4.69, 9.17) is 21.6 Å². The van der Waals surface area contributed by atoms with Crippen LogP contribution in [0.3, 0.4) is 0 Å². The van der Waals surface area contributed by atoms with Crippen LogP contribution in [0.5, 0.6) is 0 Å². The molecule has 0 radical (unpaired) electrons. The highest BCUT2D eigenvalue weighted by atomic mass is 35.5. The van der Waals surface area contributed by atoms with Gasteiger partial charge in [-0.3, -0.25) is 4.57 Å². The molecular weight excluding hydrogens is 452 g/mol. The number of nitrogens with zero attached hydrogens (tertiary/aromatic N) is 5. The van der Waals surface area contributed by atoms with Gasteiger partial charge in [-0.2, -0.15) is 0 Å². The molecule has 166 valence electrons. The number of pyridine rings is 1. The molecule has 0 fully saturated rings. The number of imidazole rings is 2. The molecular formula is C25H23ClN6S. The molecule has 0 amide bonds. The Morgan fingerprint density at radius 2 is 1.82 bits per heavy atom. The molecule has 0 aliphatic carbocycles. The van der Waals surface area contributed by atoms with Gasteiger partial charge in [-0.25, -0.2) is 15.0 Å². The van der Waals surface area contributed by atoms with E-state index >= 15 is 0 Å². The first-order valence-electron chi connectivity index (χ1n) is 10.6. The number of halogens is 1. The third-order valence-corrected chi connectivity index (χ3v) is 6.57. The zero-order chi connectivity index (χ0) is 22.8. The van der Waals surface area contributed by atoms with Crippen LogP contribution in [0, 0.1) is 6.92 Å². The molecule has 0 bridgehead atoms. The van der Waals surface area contributed by atoms with E-state index in [1.165, 1.54) is 0 Å². The molecule has 0 aliphatic heterocycles. The van der Waals surface area contributed by atoms with Gasteiger partial charge in [0.2, 0.25) is 0 Å². The third kappa shape index (κ3) is 4.74. The minimum absolute atomic E-state index is 0.664. The monoisotopic (exact) mass is 474 g/mol. The number of benzene rings is 2. The predicted octanol–water partition coefficient (Wildman–Crippen LogP) is 6.03. The number of nitrogens with one attached hydrogen (secondary N) is 1. The van der Waals surface area contributed by atoms with Gasteiger partial charge in [-0.15, -0.1) is 0 Å². The lowest BCUT2D eigenvalue weighted by molar-refractivity contribution is 0.791. The average Bonchev–Trinajstić information content (AvgIpc) is 3.42. The first kappa shape index (κ1) is 21.6. The van der Waals surface area contributed by atoms with E-state index in [0.29, 0.717) is 17.3 Å². The fraction of sp³-hybridized carbons (Fsp3) is 0.160. The van der Waals surface area contributed by atoms with Gasteiger partial charge < -0.3 is 9.88 Å². The fourth-order valence-corrected chi connectivity index (χ4v) is 4.67. The number of fused-ring (bicyclic) bond motifs is 1. The Hall–Kier alpha value is -3.29. The smallest absolute Gasteiger partial charge is 0.173 e. The number of hydrogen-bond acceptors (Lipinski definition) is 5. The zero-order valence-corrected chi connectivity index (χ0v) is 19.9. The Morgan fingerprint density at radius 1 is 1.00 bits per heavy atom. The van der Waals surface area contributed by atoms with Crippen molar-refractivity contribution in [3.05, 3.63) is 95.2 Å². The van der Waals surface area contributed by atoms with Gasteiger partial charge in [0.25, 0.3) is 0 Å². The van der Waals surface area contributed by atoms with Crippen molar-refractivity contribution in [2.45, 2.75) is 24.4 Å². The van der Waals surface area contributed by atoms with Gasteiger partial charge in [-0.1, -0.05) is 41.6 Å². The molecule has 0 unspecified atom stereocenters. The number of H-pyrrole nitrogens is 1. The highest BCUT2D eigenvalue weighted by molar-refractivity contribution is 7.98. The molecule has 33 heavy (non-hydrogen) atoms. The quantitative estimate of drug-likeness (QED) is 0.291. The summed E-state index contributed by atoms with van der Waals surface area (Å²) >= 11 is 7.80. The molecule has 5 rings (SSSR count). The SMILES string of the molecule is Cc1ccc(N(C)Cc2cnc(SCc3nc4ccccc4[nH]3)n2-c2ccc(Cl)cc2)nc1. The van der Waals surface area contributed by atoms with E-state index in [-0.39, 0.29) is 0 Å². The standard InChI is InChI=1S/C25H23ClN6S/c1-17-7-12-24(27-13-17)31(2)15-20-14-28-25(32(20)19-10-8-18(26)9-11-19)33-16-23-29-21-5-3-4-6-22(21)30-23/h3-14H,15-16H2,1-2H3,(H,29,30). The molecule has 0 saturated heterocycles. The first-order valence-corrected chi connectivity index (χ1v) is 12.0. The summed E-state index contributed by atoms with van der Waals surface area (Å²) in [5.41, 5.74) is 5.24. The van der Waals surface area contributed by atoms with Crippen LogP contribution in [0.1, 0.15) is 17.1 Å². The van der Waals surface area contributed by atoms with Gasteiger partial charge in [0, 0.05) is 24.0 Å². The Labute approximate surface area is 201 Å². The van der Waals surface area contributed by atoms with Crippen LogP contribution < -0.4 is 4.90 Å². The lowest BCUT2D eigenvalue weighted by Crippen LogP contribution is -2.19. The maximum absolute atomic E-state index is 6.15. The van der Waals surface area contributed by atoms with Crippen LogP contribution in [0.2, 0.25) is 5.02 Å². The van der Waals surface area contributed by atoms with E-state index in [9.17, 15) is 0 Å². The van der Waals surface area contributed by atoms with Crippen LogP contribution in [0.15, 0.2) is 78.2 Å². The molecule has 0 aliphatic rings. The molecule has 6 nitrogen and oxygen atoms in total. The van der Waals surface area contributed by atoms with E-state index in [1.807, 2.05) is 81.0 Å². The lowest BCUT2D eigenvalue weighted by atomic mass is 10.3. The Bertz CT molecular complexity index is 1340. The molecule has 0 saturated carbocycles. The number of hydrogen-bond donors (Lipinski definition) is 1. The van der Waals surface area contributed by atoms with Crippen molar-refractivity contribution >= 4 is 40.2 Å². The number of aryl methyl sites for hydroxylation is 1. The summed E-state index contributed by atoms with van der Waals surface area (Å²) in [6.45, 7) is 2.70. The van der Waals surface area contributed by atoms with Crippen LogP contribution in [0.25, 0.3) is 16.7 Å². The van der Waals surface area contributed by atoms with Crippen molar-refractivity contribution in [3.8, 4) is 5.69 Å². The Balaban J connectivity index is 1.43. The summed E-state index contributed by atoms with van der Waals surface area (Å²) in [6, 6.07) is 20.0. The molecule has 1 N–H and O–H groups in total. The summed E-state index contributed by atoms with van der Waals surface area (Å²) in [7, 11) is 2.04. The van der Waals surface area contributed by atoms with Gasteiger partial charge >= 0.3 is 0 Å². The summed E-state index contributed by atoms with van der Waals surface area (Å²) in [5.74, 6) is 2.53. The summed E-state index contributed by atoms with van der Waals surface area (Å²) in [6.07, 6.45) is 3.82. The largest absolute Gasteiger partial charge is 0.354 e. The van der Waals surface area contributed by atoms with Crippen LogP contribution in [-0.2, 0) is 12.3 Å². The third-order valence-electron chi connectivity index (χ3n) is 5.35. The number of anilines is 1. The van der Waals surface area contributed by atoms with Crippen molar-refractivity contribution < 1.29 is 0 Å². The average molecular weight is 475 g/mol. The van der Waals surface area contributed by atoms with Crippen LogP contribution >= 0.6 is 23.4 Å². The van der Waals surface area contributed by atoms with Crippen molar-refractivity contribution in [2.24, 2.45) is 0 Å². The van der Waals surface area contributed by atoms with Crippen molar-refractivity contribution in [3.63, 3.8) is 0 Å². The van der Waals surface area contributed by atoms with Crippen molar-refractivity contribution in [1.29, 1.82) is 0 Å². The minimum Gasteiger partial charge on any atom is -0.354 e. The van der Waals surface area contributed by atoms with E-state index in [2.05, 4.69) is 25.5 Å². The topological polar surface area (TPSA) is 62.6 Å². The molecule has 5 aromatic rings. The molecule has 0 spiro atoms. The van der Waals surface area contributed by atoms with Crippen LogP contribution in [-0.4, -0.2) is 31.6 Å². The summed E-state index contributed by atoms with van der Waals surface area (Å²) in [4.78, 5) is 19.5. The lowest BCUT2D eigenvalue weighted by Gasteiger charge is -2.20. The fourth-order valence-electron chi connectivity index (χ4n) is 3.66. The number of para-hydroxylation sites is 2. The Morgan fingerprint density at radius 3 is 2.58 bits per heavy atom. The normalized spacial score (nSPS) is 11.2. The number of rotatable bonds is 7. The molecule has 2 aromatic carbocycles. The highest BCUT2D eigenvalue weighted by Crippen LogP contribution is 2.28. The second kappa shape index (κ2) is 9.29. The molecule has 0 atom stereocenters. The number of aromatic nitrogens is 5. The van der Waals surface area contributed by atoms with Crippen molar-refractivity contribution in [1.82, 2.24) is 24.5 Å². The predicted molar refractivity (Wildman–Crippen MR) is 135 cm³/mol. The first-order chi connectivity index (χ1) is 16.1. The molecule has 3 aromatic heterocycles.